The standard InChI is InChI=1S/C14H18ClN5/c1-4-16-14-17-8-12(15)13(19-14)20(3)9-11-7-5-6-10(2)18-11/h5-8H,4,9H2,1-3H3,(H,16,17,19). The second kappa shape index (κ2) is 6.52. The van der Waals surface area contributed by atoms with Gasteiger partial charge in [-0.1, -0.05) is 17.7 Å². The van der Waals surface area contributed by atoms with E-state index in [4.69, 9.17) is 11.6 Å². The molecule has 6 heteroatoms. The minimum atomic E-state index is 0.529. The molecule has 0 spiro atoms. The smallest absolute Gasteiger partial charge is 0.224 e. The molecule has 0 unspecified atom stereocenters. The largest absolute Gasteiger partial charge is 0.354 e. The summed E-state index contributed by atoms with van der Waals surface area (Å²) in [5, 5.41) is 3.61. The topological polar surface area (TPSA) is 53.9 Å². The molecule has 0 radical (unpaired) electrons. The van der Waals surface area contributed by atoms with Crippen LogP contribution in [0.3, 0.4) is 0 Å². The average Bonchev–Trinajstić information content (AvgIpc) is 2.41. The van der Waals surface area contributed by atoms with E-state index in [1.165, 1.54) is 0 Å². The van der Waals surface area contributed by atoms with Gasteiger partial charge in [-0.3, -0.25) is 4.98 Å². The van der Waals surface area contributed by atoms with Crippen molar-refractivity contribution in [2.45, 2.75) is 20.4 Å². The second-order valence-corrected chi connectivity index (χ2v) is 4.93. The Balaban J connectivity index is 2.19. The van der Waals surface area contributed by atoms with Crippen LogP contribution < -0.4 is 10.2 Å². The fourth-order valence-corrected chi connectivity index (χ4v) is 2.11. The predicted molar refractivity (Wildman–Crippen MR) is 82.3 cm³/mol. The molecule has 2 rings (SSSR count). The fraction of sp³-hybridized carbons (Fsp3) is 0.357. The minimum Gasteiger partial charge on any atom is -0.354 e. The average molecular weight is 292 g/mol. The number of anilines is 2. The number of aromatic nitrogens is 3. The normalized spacial score (nSPS) is 10.4. The lowest BCUT2D eigenvalue weighted by Crippen LogP contribution is -2.20. The Kier molecular flexibility index (Phi) is 4.74. The first kappa shape index (κ1) is 14.5. The zero-order valence-electron chi connectivity index (χ0n) is 11.9. The van der Waals surface area contributed by atoms with Gasteiger partial charge in [-0.25, -0.2) is 4.98 Å². The van der Waals surface area contributed by atoms with Gasteiger partial charge in [-0.05, 0) is 26.0 Å². The molecule has 0 atom stereocenters. The van der Waals surface area contributed by atoms with Crippen LogP contribution in [-0.4, -0.2) is 28.5 Å². The molecule has 0 aliphatic rings. The Morgan fingerprint density at radius 1 is 1.30 bits per heavy atom. The number of nitrogens with one attached hydrogen (secondary N) is 1. The molecule has 0 bridgehead atoms. The number of halogens is 1. The molecule has 0 aliphatic heterocycles. The van der Waals surface area contributed by atoms with Gasteiger partial charge in [-0.2, -0.15) is 4.98 Å². The van der Waals surface area contributed by atoms with Crippen LogP contribution in [0.15, 0.2) is 24.4 Å². The summed E-state index contributed by atoms with van der Waals surface area (Å²) in [6.45, 7) is 5.39. The highest BCUT2D eigenvalue weighted by Gasteiger charge is 2.11. The molecule has 0 aliphatic carbocycles. The van der Waals surface area contributed by atoms with Crippen molar-refractivity contribution in [2.24, 2.45) is 0 Å². The molecular formula is C14H18ClN5. The number of hydrogen-bond donors (Lipinski definition) is 1. The zero-order chi connectivity index (χ0) is 14.5. The summed E-state index contributed by atoms with van der Waals surface area (Å²) < 4.78 is 0. The summed E-state index contributed by atoms with van der Waals surface area (Å²) in [5.74, 6) is 1.27. The summed E-state index contributed by atoms with van der Waals surface area (Å²) in [5.41, 5.74) is 1.98. The molecule has 0 fully saturated rings. The van der Waals surface area contributed by atoms with Gasteiger partial charge in [0.2, 0.25) is 5.95 Å². The maximum Gasteiger partial charge on any atom is 0.224 e. The van der Waals surface area contributed by atoms with Gasteiger partial charge >= 0.3 is 0 Å². The molecule has 2 aromatic rings. The highest BCUT2D eigenvalue weighted by Crippen LogP contribution is 2.23. The molecular weight excluding hydrogens is 274 g/mol. The lowest BCUT2D eigenvalue weighted by Gasteiger charge is -2.19. The second-order valence-electron chi connectivity index (χ2n) is 4.52. The van der Waals surface area contributed by atoms with Gasteiger partial charge in [0.1, 0.15) is 5.02 Å². The van der Waals surface area contributed by atoms with E-state index in [0.29, 0.717) is 23.3 Å². The highest BCUT2D eigenvalue weighted by molar-refractivity contribution is 6.32. The SMILES string of the molecule is CCNc1ncc(Cl)c(N(C)Cc2cccc(C)n2)n1. The Bertz CT molecular complexity index is 588. The molecule has 106 valence electrons. The first-order valence-electron chi connectivity index (χ1n) is 6.50. The number of nitrogens with zero attached hydrogens (tertiary/aromatic N) is 4. The molecule has 2 aromatic heterocycles. The van der Waals surface area contributed by atoms with Gasteiger partial charge in [-0.15, -0.1) is 0 Å². The van der Waals surface area contributed by atoms with Gasteiger partial charge < -0.3 is 10.2 Å². The van der Waals surface area contributed by atoms with Crippen molar-refractivity contribution in [1.29, 1.82) is 0 Å². The van der Waals surface area contributed by atoms with Crippen molar-refractivity contribution >= 4 is 23.4 Å². The van der Waals surface area contributed by atoms with Crippen molar-refractivity contribution in [3.8, 4) is 0 Å². The fourth-order valence-electron chi connectivity index (χ4n) is 1.87. The lowest BCUT2D eigenvalue weighted by molar-refractivity contribution is 0.855. The molecule has 5 nitrogen and oxygen atoms in total. The summed E-state index contributed by atoms with van der Waals surface area (Å²) in [6, 6.07) is 5.96. The van der Waals surface area contributed by atoms with Crippen molar-refractivity contribution in [3.05, 3.63) is 40.8 Å². The monoisotopic (exact) mass is 291 g/mol. The first-order chi connectivity index (χ1) is 9.60. The van der Waals surface area contributed by atoms with Crippen LogP contribution in [0.4, 0.5) is 11.8 Å². The van der Waals surface area contributed by atoms with Gasteiger partial charge in [0.05, 0.1) is 18.4 Å². The number of rotatable bonds is 5. The molecule has 20 heavy (non-hydrogen) atoms. The van der Waals surface area contributed by atoms with Crippen LogP contribution in [0.25, 0.3) is 0 Å². The predicted octanol–water partition coefficient (Wildman–Crippen LogP) is 2.90. The summed E-state index contributed by atoms with van der Waals surface area (Å²) in [4.78, 5) is 15.0. The molecule has 2 heterocycles. The van der Waals surface area contributed by atoms with Crippen LogP contribution in [0.2, 0.25) is 5.02 Å². The third kappa shape index (κ3) is 3.57. The summed E-state index contributed by atoms with van der Waals surface area (Å²) in [7, 11) is 1.94. The van der Waals surface area contributed by atoms with Crippen LogP contribution in [-0.2, 0) is 6.54 Å². The van der Waals surface area contributed by atoms with Gasteiger partial charge in [0.25, 0.3) is 0 Å². The highest BCUT2D eigenvalue weighted by atomic mass is 35.5. The summed E-state index contributed by atoms with van der Waals surface area (Å²) in [6.07, 6.45) is 1.61. The molecule has 0 saturated carbocycles. The first-order valence-corrected chi connectivity index (χ1v) is 6.88. The molecule has 1 N–H and O–H groups in total. The zero-order valence-corrected chi connectivity index (χ0v) is 12.6. The third-order valence-corrected chi connectivity index (χ3v) is 3.03. The van der Waals surface area contributed by atoms with E-state index in [0.717, 1.165) is 17.9 Å². The van der Waals surface area contributed by atoms with E-state index in [1.54, 1.807) is 6.20 Å². The molecule has 0 saturated heterocycles. The van der Waals surface area contributed by atoms with Gasteiger partial charge in [0, 0.05) is 19.3 Å². The number of pyridine rings is 1. The van der Waals surface area contributed by atoms with Crippen molar-refractivity contribution < 1.29 is 0 Å². The van der Waals surface area contributed by atoms with E-state index < -0.39 is 0 Å². The Hall–Kier alpha value is -1.88. The Morgan fingerprint density at radius 2 is 2.10 bits per heavy atom. The molecule has 0 amide bonds. The molecule has 0 aromatic carbocycles. The van der Waals surface area contributed by atoms with E-state index in [1.807, 2.05) is 44.0 Å². The minimum absolute atomic E-state index is 0.529. The Labute approximate surface area is 124 Å². The Morgan fingerprint density at radius 3 is 2.80 bits per heavy atom. The van der Waals surface area contributed by atoms with Crippen molar-refractivity contribution in [3.63, 3.8) is 0 Å². The maximum absolute atomic E-state index is 6.17. The number of aryl methyl sites for hydroxylation is 1. The van der Waals surface area contributed by atoms with E-state index in [9.17, 15) is 0 Å². The van der Waals surface area contributed by atoms with E-state index >= 15 is 0 Å². The quantitative estimate of drug-likeness (QED) is 0.918. The van der Waals surface area contributed by atoms with E-state index in [2.05, 4.69) is 20.3 Å². The van der Waals surface area contributed by atoms with Crippen LogP contribution in [0.1, 0.15) is 18.3 Å². The van der Waals surface area contributed by atoms with Crippen LogP contribution in [0, 0.1) is 6.92 Å². The summed E-state index contributed by atoms with van der Waals surface area (Å²) >= 11 is 6.17. The van der Waals surface area contributed by atoms with Crippen molar-refractivity contribution in [2.75, 3.05) is 23.8 Å². The van der Waals surface area contributed by atoms with Crippen LogP contribution >= 0.6 is 11.6 Å². The van der Waals surface area contributed by atoms with Crippen LogP contribution in [0.5, 0.6) is 0 Å². The number of hydrogen-bond acceptors (Lipinski definition) is 5. The van der Waals surface area contributed by atoms with Gasteiger partial charge in [0.15, 0.2) is 5.82 Å². The third-order valence-electron chi connectivity index (χ3n) is 2.77. The maximum atomic E-state index is 6.17. The lowest BCUT2D eigenvalue weighted by atomic mass is 10.3. The van der Waals surface area contributed by atoms with E-state index in [-0.39, 0.29) is 0 Å². The van der Waals surface area contributed by atoms with Crippen molar-refractivity contribution in [1.82, 2.24) is 15.0 Å².